The Kier molecular flexibility index (Phi) is 9.46. The van der Waals surface area contributed by atoms with Crippen LogP contribution in [0.1, 0.15) is 44.2 Å². The van der Waals surface area contributed by atoms with E-state index in [0.29, 0.717) is 25.8 Å². The third-order valence-electron chi connectivity index (χ3n) is 7.32. The zero-order valence-electron chi connectivity index (χ0n) is 22.3. The van der Waals surface area contributed by atoms with Gasteiger partial charge in [-0.15, -0.1) is 12.4 Å². The molecule has 1 fully saturated rings. The van der Waals surface area contributed by atoms with Crippen molar-refractivity contribution in [1.29, 1.82) is 0 Å². The zero-order valence-corrected chi connectivity index (χ0v) is 23.1. The molecule has 0 radical (unpaired) electrons. The minimum Gasteiger partial charge on any atom is -0.345 e. The van der Waals surface area contributed by atoms with Gasteiger partial charge in [0.2, 0.25) is 5.91 Å². The number of fused-ring (bicyclic) bond motifs is 1. The number of hydrogen-bond acceptors (Lipinski definition) is 6. The third kappa shape index (κ3) is 6.49. The number of carbonyl (C=O) groups excluding carboxylic acids is 3. The number of rotatable bonds is 10. The second kappa shape index (κ2) is 12.2. The lowest BCUT2D eigenvalue weighted by atomic mass is 9.69. The lowest BCUT2D eigenvalue weighted by molar-refractivity contribution is -0.137. The van der Waals surface area contributed by atoms with Gasteiger partial charge in [0, 0.05) is 13.6 Å². The van der Waals surface area contributed by atoms with Gasteiger partial charge >= 0.3 is 0 Å². The molecule has 1 unspecified atom stereocenters. The molecule has 38 heavy (non-hydrogen) atoms. The molecule has 0 aliphatic carbocycles. The van der Waals surface area contributed by atoms with Crippen LogP contribution in [0, 0.1) is 5.41 Å². The van der Waals surface area contributed by atoms with E-state index in [-0.39, 0.29) is 30.0 Å². The van der Waals surface area contributed by atoms with Crippen molar-refractivity contribution in [2.24, 2.45) is 16.3 Å². The van der Waals surface area contributed by atoms with E-state index in [9.17, 15) is 14.4 Å². The Morgan fingerprint density at radius 3 is 2.34 bits per heavy atom. The molecule has 2 amide bonds. The van der Waals surface area contributed by atoms with Gasteiger partial charge in [0.25, 0.3) is 5.91 Å². The van der Waals surface area contributed by atoms with Gasteiger partial charge < -0.3 is 16.4 Å². The molecule has 4 rings (SSSR count). The Morgan fingerprint density at radius 2 is 1.74 bits per heavy atom. The number of benzene rings is 2. The summed E-state index contributed by atoms with van der Waals surface area (Å²) in [5, 5.41) is 12.1. The molecule has 0 aromatic heterocycles. The average Bonchev–Trinajstić information content (AvgIpc) is 3.12. The SMILES string of the molecule is CN1N=C2CNC(C(=O)[C@@H](CCCc3ccccc3)NC(=O)C(C)(C)N)C[C@]2(Cc2ccccc2)C1=O.Cl. The van der Waals surface area contributed by atoms with Gasteiger partial charge in [-0.1, -0.05) is 60.7 Å². The van der Waals surface area contributed by atoms with Crippen LogP contribution in [-0.2, 0) is 27.2 Å². The Bertz CT molecular complexity index is 1170. The second-order valence-electron chi connectivity index (χ2n) is 10.8. The number of halogens is 1. The van der Waals surface area contributed by atoms with Gasteiger partial charge in [-0.3, -0.25) is 14.4 Å². The summed E-state index contributed by atoms with van der Waals surface area (Å²) in [6, 6.07) is 18.6. The first kappa shape index (κ1) is 29.5. The number of ketones is 1. The Labute approximate surface area is 230 Å². The summed E-state index contributed by atoms with van der Waals surface area (Å²) in [6.07, 6.45) is 2.76. The summed E-state index contributed by atoms with van der Waals surface area (Å²) in [7, 11) is 1.66. The molecule has 0 saturated carbocycles. The number of nitrogens with two attached hydrogens (primary N) is 1. The van der Waals surface area contributed by atoms with E-state index < -0.39 is 23.0 Å². The van der Waals surface area contributed by atoms with Crippen molar-refractivity contribution in [2.45, 2.75) is 63.6 Å². The van der Waals surface area contributed by atoms with E-state index in [1.165, 1.54) is 10.6 Å². The molecule has 2 heterocycles. The average molecular weight is 540 g/mol. The maximum absolute atomic E-state index is 13.9. The highest BCUT2D eigenvalue weighted by Gasteiger charge is 2.54. The van der Waals surface area contributed by atoms with Crippen molar-refractivity contribution in [3.63, 3.8) is 0 Å². The number of piperidine rings is 1. The first-order valence-electron chi connectivity index (χ1n) is 12.9. The minimum absolute atomic E-state index is 0. The number of Topliss-reactive ketones (excluding diaryl/α,β-unsaturated/α-hetero) is 1. The summed E-state index contributed by atoms with van der Waals surface area (Å²) in [5.74, 6) is -0.600. The number of nitrogens with zero attached hydrogens (tertiary/aromatic N) is 2. The summed E-state index contributed by atoms with van der Waals surface area (Å²) >= 11 is 0. The Morgan fingerprint density at radius 1 is 1.13 bits per heavy atom. The molecule has 8 nitrogen and oxygen atoms in total. The highest BCUT2D eigenvalue weighted by atomic mass is 35.5. The summed E-state index contributed by atoms with van der Waals surface area (Å²) in [4.78, 5) is 40.1. The molecule has 2 aromatic carbocycles. The number of aryl methyl sites for hydroxylation is 1. The number of amides is 2. The van der Waals surface area contributed by atoms with Gasteiger partial charge in [-0.05, 0) is 57.1 Å². The smallest absolute Gasteiger partial charge is 0.254 e. The van der Waals surface area contributed by atoms with Gasteiger partial charge in [0.1, 0.15) is 0 Å². The molecular formula is C29H38ClN5O3. The highest BCUT2D eigenvalue weighted by molar-refractivity contribution is 6.14. The van der Waals surface area contributed by atoms with Crippen molar-refractivity contribution >= 4 is 35.7 Å². The molecule has 4 N–H and O–H groups in total. The van der Waals surface area contributed by atoms with Crippen LogP contribution in [-0.4, -0.2) is 59.5 Å². The first-order valence-corrected chi connectivity index (χ1v) is 12.9. The summed E-state index contributed by atoms with van der Waals surface area (Å²) < 4.78 is 0. The van der Waals surface area contributed by atoms with Gasteiger partial charge in [-0.2, -0.15) is 5.10 Å². The van der Waals surface area contributed by atoms with Crippen LogP contribution < -0.4 is 16.4 Å². The molecule has 0 spiro atoms. The van der Waals surface area contributed by atoms with Crippen molar-refractivity contribution in [2.75, 3.05) is 13.6 Å². The number of nitrogens with one attached hydrogen (secondary N) is 2. The van der Waals surface area contributed by atoms with Crippen LogP contribution in [0.2, 0.25) is 0 Å². The lowest BCUT2D eigenvalue weighted by Crippen LogP contribution is -2.61. The minimum atomic E-state index is -1.11. The largest absolute Gasteiger partial charge is 0.345 e. The molecule has 3 atom stereocenters. The Balaban J connectivity index is 0.00000400. The topological polar surface area (TPSA) is 117 Å². The van der Waals surface area contributed by atoms with E-state index in [2.05, 4.69) is 27.9 Å². The lowest BCUT2D eigenvalue weighted by Gasteiger charge is -2.38. The van der Waals surface area contributed by atoms with Crippen LogP contribution in [0.15, 0.2) is 65.8 Å². The Hall–Kier alpha value is -3.07. The van der Waals surface area contributed by atoms with Crippen molar-refractivity contribution in [1.82, 2.24) is 15.6 Å². The third-order valence-corrected chi connectivity index (χ3v) is 7.32. The zero-order chi connectivity index (χ0) is 26.6. The van der Waals surface area contributed by atoms with Crippen LogP contribution in [0.5, 0.6) is 0 Å². The van der Waals surface area contributed by atoms with E-state index in [1.807, 2.05) is 48.5 Å². The molecule has 2 aromatic rings. The highest BCUT2D eigenvalue weighted by Crippen LogP contribution is 2.39. The molecule has 204 valence electrons. The fourth-order valence-corrected chi connectivity index (χ4v) is 5.23. The number of hydrazone groups is 1. The van der Waals surface area contributed by atoms with Crippen LogP contribution in [0.4, 0.5) is 0 Å². The number of carbonyl (C=O) groups is 3. The van der Waals surface area contributed by atoms with E-state index in [0.717, 1.165) is 24.1 Å². The maximum Gasteiger partial charge on any atom is 0.254 e. The fourth-order valence-electron chi connectivity index (χ4n) is 5.23. The molecule has 1 saturated heterocycles. The van der Waals surface area contributed by atoms with E-state index in [1.54, 1.807) is 20.9 Å². The predicted molar refractivity (Wildman–Crippen MR) is 151 cm³/mol. The monoisotopic (exact) mass is 539 g/mol. The second-order valence-corrected chi connectivity index (χ2v) is 10.8. The van der Waals surface area contributed by atoms with Crippen LogP contribution in [0.25, 0.3) is 0 Å². The van der Waals surface area contributed by atoms with Gasteiger partial charge in [0.05, 0.1) is 28.7 Å². The summed E-state index contributed by atoms with van der Waals surface area (Å²) in [6.45, 7) is 3.58. The molecular weight excluding hydrogens is 502 g/mol. The van der Waals surface area contributed by atoms with Crippen molar-refractivity contribution < 1.29 is 14.4 Å². The molecule has 2 aliphatic rings. The van der Waals surface area contributed by atoms with Gasteiger partial charge in [-0.25, -0.2) is 5.01 Å². The van der Waals surface area contributed by atoms with E-state index >= 15 is 0 Å². The standard InChI is InChI=1S/C29H37N5O3.ClH/c1-28(2,30)26(36)32-22(16-10-15-20-11-6-4-7-12-20)25(35)23-18-29(17-21-13-8-5-9-14-21)24(19-31-23)33-34(3)27(29)37;/h4-9,11-14,22-23,31H,10,15-19,30H2,1-3H3,(H,32,36);1H/t22-,23?,29+;/m1./s1. The van der Waals surface area contributed by atoms with Crippen molar-refractivity contribution in [3.8, 4) is 0 Å². The molecule has 9 heteroatoms. The predicted octanol–water partition coefficient (Wildman–Crippen LogP) is 2.64. The molecule has 0 bridgehead atoms. The quantitative estimate of drug-likeness (QED) is 0.429. The van der Waals surface area contributed by atoms with E-state index in [4.69, 9.17) is 5.73 Å². The van der Waals surface area contributed by atoms with Crippen LogP contribution in [0.3, 0.4) is 0 Å². The first-order chi connectivity index (χ1) is 17.6. The molecule has 2 aliphatic heterocycles. The normalized spacial score (nSPS) is 21.7. The number of hydrogen-bond donors (Lipinski definition) is 3. The summed E-state index contributed by atoms with van der Waals surface area (Å²) in [5.41, 5.74) is 6.98. The van der Waals surface area contributed by atoms with Gasteiger partial charge in [0.15, 0.2) is 5.78 Å². The van der Waals surface area contributed by atoms with Crippen LogP contribution >= 0.6 is 12.4 Å². The fraction of sp³-hybridized carbons (Fsp3) is 0.448. The maximum atomic E-state index is 13.9. The van der Waals surface area contributed by atoms with Crippen molar-refractivity contribution in [3.05, 3.63) is 71.8 Å².